The summed E-state index contributed by atoms with van der Waals surface area (Å²) in [4.78, 5) is 28.2. The highest BCUT2D eigenvalue weighted by Crippen LogP contribution is 2.20. The van der Waals surface area contributed by atoms with Crippen LogP contribution in [0, 0.1) is 5.41 Å². The van der Waals surface area contributed by atoms with Crippen molar-refractivity contribution >= 4 is 11.9 Å². The van der Waals surface area contributed by atoms with E-state index in [1.807, 2.05) is 30.6 Å². The number of hydrogen-bond donors (Lipinski definition) is 1. The third-order valence-electron chi connectivity index (χ3n) is 3.30. The van der Waals surface area contributed by atoms with Crippen LogP contribution in [0.4, 0.5) is 4.79 Å². The van der Waals surface area contributed by atoms with E-state index in [9.17, 15) is 9.59 Å². The van der Waals surface area contributed by atoms with Crippen LogP contribution >= 0.6 is 0 Å². The van der Waals surface area contributed by atoms with E-state index >= 15 is 0 Å². The summed E-state index contributed by atoms with van der Waals surface area (Å²) in [5.74, 6) is 0.195. The van der Waals surface area contributed by atoms with Gasteiger partial charge in [0.1, 0.15) is 0 Å². The number of hydrogen-bond acceptors (Lipinski definition) is 2. The second-order valence-corrected chi connectivity index (χ2v) is 8.14. The van der Waals surface area contributed by atoms with Gasteiger partial charge in [-0.3, -0.25) is 4.79 Å². The molecule has 0 aromatic heterocycles. The molecule has 0 unspecified atom stereocenters. The molecule has 0 atom stereocenters. The van der Waals surface area contributed by atoms with Gasteiger partial charge in [-0.25, -0.2) is 4.79 Å². The van der Waals surface area contributed by atoms with E-state index in [0.29, 0.717) is 26.1 Å². The van der Waals surface area contributed by atoms with Gasteiger partial charge in [0.15, 0.2) is 0 Å². The van der Waals surface area contributed by atoms with E-state index in [-0.39, 0.29) is 22.9 Å². The number of amides is 3. The fourth-order valence-corrected chi connectivity index (χ4v) is 2.34. The van der Waals surface area contributed by atoms with Crippen LogP contribution in [0.2, 0.25) is 0 Å². The van der Waals surface area contributed by atoms with E-state index in [1.165, 1.54) is 0 Å². The summed E-state index contributed by atoms with van der Waals surface area (Å²) in [6.45, 7) is 14.8. The Bertz CT molecular complexity index is 344. The van der Waals surface area contributed by atoms with Crippen molar-refractivity contribution in [2.45, 2.75) is 59.9 Å². The average Bonchev–Trinajstić information content (AvgIpc) is 2.49. The summed E-state index contributed by atoms with van der Waals surface area (Å²) in [7, 11) is 0. The monoisotopic (exact) mass is 297 g/mol. The van der Waals surface area contributed by atoms with Crippen molar-refractivity contribution < 1.29 is 9.59 Å². The number of urea groups is 1. The summed E-state index contributed by atoms with van der Waals surface area (Å²) in [6.07, 6.45) is 1.40. The largest absolute Gasteiger partial charge is 0.341 e. The first-order valence-electron chi connectivity index (χ1n) is 7.83. The van der Waals surface area contributed by atoms with Crippen molar-refractivity contribution in [2.24, 2.45) is 5.41 Å². The molecule has 0 aromatic rings. The SMILES string of the molecule is CC(C)(C)CC(=O)N1CCCN(C(=O)NC(C)(C)C)CC1. The molecule has 1 aliphatic rings. The zero-order valence-electron chi connectivity index (χ0n) is 14.5. The summed E-state index contributed by atoms with van der Waals surface area (Å²) < 4.78 is 0. The summed E-state index contributed by atoms with van der Waals surface area (Å²) >= 11 is 0. The molecular weight excluding hydrogens is 266 g/mol. The van der Waals surface area contributed by atoms with Crippen LogP contribution in [0.15, 0.2) is 0 Å². The van der Waals surface area contributed by atoms with Gasteiger partial charge in [-0.15, -0.1) is 0 Å². The molecule has 0 bridgehead atoms. The molecule has 1 heterocycles. The van der Waals surface area contributed by atoms with Crippen LogP contribution in [0.25, 0.3) is 0 Å². The van der Waals surface area contributed by atoms with Crippen LogP contribution in [0.5, 0.6) is 0 Å². The molecule has 21 heavy (non-hydrogen) atoms. The minimum absolute atomic E-state index is 0.00663. The molecule has 122 valence electrons. The third-order valence-corrected chi connectivity index (χ3v) is 3.30. The number of carbonyl (C=O) groups is 2. The van der Waals surface area contributed by atoms with E-state index in [2.05, 4.69) is 26.1 Å². The molecular formula is C16H31N3O2. The Balaban J connectivity index is 2.54. The lowest BCUT2D eigenvalue weighted by Crippen LogP contribution is -2.49. The van der Waals surface area contributed by atoms with Crippen LogP contribution < -0.4 is 5.32 Å². The normalized spacial score (nSPS) is 17.4. The smallest absolute Gasteiger partial charge is 0.317 e. The maximum atomic E-state index is 12.3. The van der Waals surface area contributed by atoms with Gasteiger partial charge in [0.05, 0.1) is 0 Å². The summed E-state index contributed by atoms with van der Waals surface area (Å²) in [6, 6.07) is -0.0346. The minimum atomic E-state index is -0.231. The van der Waals surface area contributed by atoms with Gasteiger partial charge >= 0.3 is 6.03 Å². The molecule has 0 aliphatic carbocycles. The van der Waals surface area contributed by atoms with Crippen molar-refractivity contribution in [3.05, 3.63) is 0 Å². The quantitative estimate of drug-likeness (QED) is 0.808. The number of nitrogens with zero attached hydrogens (tertiary/aromatic N) is 2. The standard InChI is InChI=1S/C16H31N3O2/c1-15(2,3)12-13(20)18-8-7-9-19(11-10-18)14(21)17-16(4,5)6/h7-12H2,1-6H3,(H,17,21). The first-order valence-corrected chi connectivity index (χ1v) is 7.83. The maximum absolute atomic E-state index is 12.3. The van der Waals surface area contributed by atoms with E-state index in [4.69, 9.17) is 0 Å². The lowest BCUT2D eigenvalue weighted by atomic mass is 9.91. The van der Waals surface area contributed by atoms with Gasteiger partial charge in [-0.2, -0.15) is 0 Å². The second kappa shape index (κ2) is 6.67. The van der Waals surface area contributed by atoms with Crippen molar-refractivity contribution in [1.29, 1.82) is 0 Å². The fourth-order valence-electron chi connectivity index (χ4n) is 2.34. The van der Waals surface area contributed by atoms with E-state index < -0.39 is 0 Å². The number of rotatable bonds is 1. The molecule has 5 heteroatoms. The predicted octanol–water partition coefficient (Wildman–Crippen LogP) is 2.47. The summed E-state index contributed by atoms with van der Waals surface area (Å²) in [5, 5.41) is 2.98. The molecule has 0 aromatic carbocycles. The topological polar surface area (TPSA) is 52.7 Å². The van der Waals surface area contributed by atoms with Gasteiger partial charge < -0.3 is 15.1 Å². The highest BCUT2D eigenvalue weighted by molar-refractivity contribution is 5.77. The molecule has 3 amide bonds. The first kappa shape index (κ1) is 17.8. The predicted molar refractivity (Wildman–Crippen MR) is 85.1 cm³/mol. The summed E-state index contributed by atoms with van der Waals surface area (Å²) in [5.41, 5.74) is -0.224. The fraction of sp³-hybridized carbons (Fsp3) is 0.875. The van der Waals surface area contributed by atoms with Crippen LogP contribution in [-0.2, 0) is 4.79 Å². The molecule has 1 fully saturated rings. The van der Waals surface area contributed by atoms with Crippen molar-refractivity contribution in [3.63, 3.8) is 0 Å². The van der Waals surface area contributed by atoms with Crippen molar-refractivity contribution in [2.75, 3.05) is 26.2 Å². The van der Waals surface area contributed by atoms with Crippen molar-refractivity contribution in [3.8, 4) is 0 Å². The molecule has 1 rings (SSSR count). The molecule has 1 saturated heterocycles. The molecule has 0 radical (unpaired) electrons. The highest BCUT2D eigenvalue weighted by Gasteiger charge is 2.26. The Morgan fingerprint density at radius 1 is 0.905 bits per heavy atom. The Kier molecular flexibility index (Phi) is 5.65. The Morgan fingerprint density at radius 2 is 1.43 bits per heavy atom. The van der Waals surface area contributed by atoms with E-state index in [0.717, 1.165) is 13.0 Å². The van der Waals surface area contributed by atoms with Gasteiger partial charge in [0.2, 0.25) is 5.91 Å². The minimum Gasteiger partial charge on any atom is -0.341 e. The zero-order valence-corrected chi connectivity index (χ0v) is 14.5. The maximum Gasteiger partial charge on any atom is 0.317 e. The van der Waals surface area contributed by atoms with Crippen molar-refractivity contribution in [1.82, 2.24) is 15.1 Å². The van der Waals surface area contributed by atoms with Crippen LogP contribution in [0.1, 0.15) is 54.4 Å². The zero-order chi connectivity index (χ0) is 16.3. The highest BCUT2D eigenvalue weighted by atomic mass is 16.2. The van der Waals surface area contributed by atoms with Gasteiger partial charge in [-0.1, -0.05) is 20.8 Å². The third kappa shape index (κ3) is 6.82. The number of carbonyl (C=O) groups excluding carboxylic acids is 2. The lowest BCUT2D eigenvalue weighted by Gasteiger charge is -2.28. The Hall–Kier alpha value is -1.26. The molecule has 1 aliphatic heterocycles. The van der Waals surface area contributed by atoms with Crippen LogP contribution in [0.3, 0.4) is 0 Å². The van der Waals surface area contributed by atoms with Crippen LogP contribution in [-0.4, -0.2) is 53.5 Å². The molecule has 1 N–H and O–H groups in total. The van der Waals surface area contributed by atoms with Gasteiger partial charge in [0.25, 0.3) is 0 Å². The lowest BCUT2D eigenvalue weighted by molar-refractivity contribution is -0.132. The second-order valence-electron chi connectivity index (χ2n) is 8.14. The molecule has 0 saturated carbocycles. The Morgan fingerprint density at radius 3 is 1.95 bits per heavy atom. The Labute approximate surface area is 129 Å². The van der Waals surface area contributed by atoms with E-state index in [1.54, 1.807) is 0 Å². The van der Waals surface area contributed by atoms with Gasteiger partial charge in [0, 0.05) is 38.1 Å². The average molecular weight is 297 g/mol. The van der Waals surface area contributed by atoms with Gasteiger partial charge in [-0.05, 0) is 32.6 Å². The molecule has 5 nitrogen and oxygen atoms in total. The number of nitrogens with one attached hydrogen (secondary N) is 1. The first-order chi connectivity index (χ1) is 9.48. The molecule has 0 spiro atoms.